The normalized spacial score (nSPS) is 12.1. The van der Waals surface area contributed by atoms with Crippen LogP contribution in [0, 0.1) is 27.7 Å². The minimum atomic E-state index is -4.09. The molecule has 8 heteroatoms. The van der Waals surface area contributed by atoms with Crippen LogP contribution in [-0.4, -0.2) is 44.3 Å². The summed E-state index contributed by atoms with van der Waals surface area (Å²) in [6.07, 6.45) is 0.763. The van der Waals surface area contributed by atoms with Crippen molar-refractivity contribution in [2.24, 2.45) is 0 Å². The van der Waals surface area contributed by atoms with Gasteiger partial charge in [0.05, 0.1) is 10.6 Å². The number of amides is 2. The second-order valence-electron chi connectivity index (χ2n) is 10.1. The summed E-state index contributed by atoms with van der Waals surface area (Å²) in [6, 6.07) is 19.0. The van der Waals surface area contributed by atoms with Crippen LogP contribution in [0.3, 0.4) is 0 Å². The van der Waals surface area contributed by atoms with Gasteiger partial charge < -0.3 is 10.2 Å². The van der Waals surface area contributed by atoms with Crippen molar-refractivity contribution in [1.82, 2.24) is 10.2 Å². The third-order valence-electron chi connectivity index (χ3n) is 6.53. The minimum absolute atomic E-state index is 0.0963. The van der Waals surface area contributed by atoms with Gasteiger partial charge in [0.15, 0.2) is 0 Å². The van der Waals surface area contributed by atoms with Crippen LogP contribution in [-0.2, 0) is 26.2 Å². The van der Waals surface area contributed by atoms with Crippen LogP contribution >= 0.6 is 0 Å². The summed E-state index contributed by atoms with van der Waals surface area (Å²) in [5.41, 5.74) is 4.98. The number of anilines is 1. The number of sulfonamides is 1. The molecule has 1 N–H and O–H groups in total. The number of carbonyl (C=O) groups excluding carboxylic acids is 2. The molecule has 0 aromatic heterocycles. The molecular weight excluding hydrogens is 510 g/mol. The van der Waals surface area contributed by atoms with Crippen molar-refractivity contribution in [1.29, 1.82) is 0 Å². The lowest BCUT2D eigenvalue weighted by Gasteiger charge is -2.32. The average molecular weight is 550 g/mol. The molecule has 0 unspecified atom stereocenters. The zero-order valence-corrected chi connectivity index (χ0v) is 24.5. The predicted octanol–water partition coefficient (Wildman–Crippen LogP) is 5.06. The molecule has 3 aromatic carbocycles. The van der Waals surface area contributed by atoms with Gasteiger partial charge >= 0.3 is 0 Å². The van der Waals surface area contributed by atoms with Gasteiger partial charge in [-0.2, -0.15) is 0 Å². The minimum Gasteiger partial charge on any atom is -0.354 e. The summed E-state index contributed by atoms with van der Waals surface area (Å²) in [7, 11) is -4.09. The van der Waals surface area contributed by atoms with Gasteiger partial charge in [0, 0.05) is 13.1 Å². The maximum absolute atomic E-state index is 14.0. The number of rotatable bonds is 11. The maximum Gasteiger partial charge on any atom is 0.264 e. The Morgan fingerprint density at radius 2 is 1.49 bits per heavy atom. The molecule has 0 bridgehead atoms. The topological polar surface area (TPSA) is 86.8 Å². The van der Waals surface area contributed by atoms with E-state index in [1.54, 1.807) is 43.3 Å². The Bertz CT molecular complexity index is 1400. The van der Waals surface area contributed by atoms with Gasteiger partial charge in [-0.05, 0) is 82.0 Å². The third kappa shape index (κ3) is 7.69. The molecule has 0 spiro atoms. The van der Waals surface area contributed by atoms with E-state index >= 15 is 0 Å². The molecule has 3 aromatic rings. The van der Waals surface area contributed by atoms with Crippen molar-refractivity contribution in [3.63, 3.8) is 0 Å². The largest absolute Gasteiger partial charge is 0.354 e. The van der Waals surface area contributed by atoms with Crippen LogP contribution in [0.5, 0.6) is 0 Å². The SMILES string of the molecule is CCCNC(=O)[C@@H](C)N(Cc1cccc(C)c1)C(=O)CN(c1cc(C)cc(C)c1)S(=O)(=O)c1ccc(C)cc1. The van der Waals surface area contributed by atoms with E-state index in [9.17, 15) is 18.0 Å². The molecule has 0 aliphatic carbocycles. The van der Waals surface area contributed by atoms with Crippen LogP contribution in [0.2, 0.25) is 0 Å². The maximum atomic E-state index is 14.0. The summed E-state index contributed by atoms with van der Waals surface area (Å²) in [5.74, 6) is -0.748. The van der Waals surface area contributed by atoms with E-state index in [1.807, 2.05) is 65.0 Å². The Labute approximate surface area is 232 Å². The zero-order chi connectivity index (χ0) is 28.7. The number of benzene rings is 3. The van der Waals surface area contributed by atoms with Crippen LogP contribution in [0.4, 0.5) is 5.69 Å². The number of carbonyl (C=O) groups is 2. The summed E-state index contributed by atoms with van der Waals surface area (Å²) in [4.78, 5) is 28.5. The van der Waals surface area contributed by atoms with E-state index in [1.165, 1.54) is 4.90 Å². The molecule has 0 fully saturated rings. The van der Waals surface area contributed by atoms with Gasteiger partial charge in [0.2, 0.25) is 11.8 Å². The Hall–Kier alpha value is -3.65. The lowest BCUT2D eigenvalue weighted by atomic mass is 10.1. The summed E-state index contributed by atoms with van der Waals surface area (Å²) in [6.45, 7) is 11.5. The lowest BCUT2D eigenvalue weighted by Crippen LogP contribution is -2.51. The van der Waals surface area contributed by atoms with Gasteiger partial charge in [-0.25, -0.2) is 8.42 Å². The molecule has 39 heavy (non-hydrogen) atoms. The van der Waals surface area contributed by atoms with E-state index in [4.69, 9.17) is 0 Å². The first-order chi connectivity index (χ1) is 18.4. The first-order valence-electron chi connectivity index (χ1n) is 13.2. The van der Waals surface area contributed by atoms with E-state index in [-0.39, 0.29) is 17.3 Å². The Kier molecular flexibility index (Phi) is 9.92. The van der Waals surface area contributed by atoms with Gasteiger partial charge in [-0.15, -0.1) is 0 Å². The van der Waals surface area contributed by atoms with Gasteiger partial charge in [-0.1, -0.05) is 60.5 Å². The summed E-state index contributed by atoms with van der Waals surface area (Å²) >= 11 is 0. The first kappa shape index (κ1) is 29.9. The highest BCUT2D eigenvalue weighted by molar-refractivity contribution is 7.92. The molecule has 0 saturated heterocycles. The van der Waals surface area contributed by atoms with E-state index in [0.717, 1.165) is 38.5 Å². The molecule has 2 amide bonds. The summed E-state index contributed by atoms with van der Waals surface area (Å²) in [5, 5.41) is 2.86. The van der Waals surface area contributed by atoms with Gasteiger partial charge in [0.25, 0.3) is 10.0 Å². The molecule has 0 radical (unpaired) electrons. The zero-order valence-electron chi connectivity index (χ0n) is 23.7. The highest BCUT2D eigenvalue weighted by Gasteiger charge is 2.32. The predicted molar refractivity (Wildman–Crippen MR) is 156 cm³/mol. The fourth-order valence-electron chi connectivity index (χ4n) is 4.45. The molecule has 0 heterocycles. The monoisotopic (exact) mass is 549 g/mol. The van der Waals surface area contributed by atoms with E-state index in [2.05, 4.69) is 5.32 Å². The van der Waals surface area contributed by atoms with Gasteiger partial charge in [-0.3, -0.25) is 13.9 Å². The molecule has 1 atom stereocenters. The molecule has 7 nitrogen and oxygen atoms in total. The quantitative estimate of drug-likeness (QED) is 0.362. The van der Waals surface area contributed by atoms with Crippen molar-refractivity contribution in [2.45, 2.75) is 65.4 Å². The number of hydrogen-bond acceptors (Lipinski definition) is 4. The third-order valence-corrected chi connectivity index (χ3v) is 8.32. The van der Waals surface area contributed by atoms with E-state index in [0.29, 0.717) is 12.2 Å². The highest BCUT2D eigenvalue weighted by Crippen LogP contribution is 2.27. The van der Waals surface area contributed by atoms with Crippen molar-refractivity contribution in [3.8, 4) is 0 Å². The number of aryl methyl sites for hydroxylation is 4. The Morgan fingerprint density at radius 3 is 2.08 bits per heavy atom. The molecular formula is C31H39N3O4S. The van der Waals surface area contributed by atoms with Crippen molar-refractivity contribution < 1.29 is 18.0 Å². The number of nitrogens with one attached hydrogen (secondary N) is 1. The molecule has 208 valence electrons. The number of nitrogens with zero attached hydrogens (tertiary/aromatic N) is 2. The van der Waals surface area contributed by atoms with Crippen molar-refractivity contribution in [3.05, 3.63) is 94.5 Å². The molecule has 0 aliphatic rings. The fourth-order valence-corrected chi connectivity index (χ4v) is 5.84. The molecule has 0 aliphatic heterocycles. The van der Waals surface area contributed by atoms with Crippen LogP contribution in [0.25, 0.3) is 0 Å². The fraction of sp³-hybridized carbons (Fsp3) is 0.355. The van der Waals surface area contributed by atoms with Crippen LogP contribution < -0.4 is 9.62 Å². The van der Waals surface area contributed by atoms with E-state index < -0.39 is 28.5 Å². The van der Waals surface area contributed by atoms with Gasteiger partial charge in [0.1, 0.15) is 12.6 Å². The second-order valence-corrected chi connectivity index (χ2v) is 12.0. The average Bonchev–Trinajstić information content (AvgIpc) is 2.88. The van der Waals surface area contributed by atoms with Crippen molar-refractivity contribution in [2.75, 3.05) is 17.4 Å². The summed E-state index contributed by atoms with van der Waals surface area (Å²) < 4.78 is 29.1. The van der Waals surface area contributed by atoms with Crippen LogP contribution in [0.1, 0.15) is 48.1 Å². The van der Waals surface area contributed by atoms with Crippen LogP contribution in [0.15, 0.2) is 71.6 Å². The van der Waals surface area contributed by atoms with Crippen molar-refractivity contribution >= 4 is 27.5 Å². The lowest BCUT2D eigenvalue weighted by molar-refractivity contribution is -0.139. The Morgan fingerprint density at radius 1 is 0.846 bits per heavy atom. The number of hydrogen-bond donors (Lipinski definition) is 1. The molecule has 0 saturated carbocycles. The standard InChI is InChI=1S/C31H39N3O4S/c1-7-15-32-31(36)26(6)33(20-27-10-8-9-23(3)17-27)30(35)21-34(28-18-24(4)16-25(5)19-28)39(37,38)29-13-11-22(2)12-14-29/h8-14,16-19,26H,7,15,20-21H2,1-6H3,(H,32,36)/t26-/m1/s1. The first-order valence-corrected chi connectivity index (χ1v) is 14.7. The smallest absolute Gasteiger partial charge is 0.264 e. The second kappa shape index (κ2) is 12.9. The highest BCUT2D eigenvalue weighted by atomic mass is 32.2. The molecule has 3 rings (SSSR count). The Balaban J connectivity index is 2.05.